The molecule has 0 unspecified atom stereocenters. The van der Waals surface area contributed by atoms with Crippen LogP contribution in [0.15, 0.2) is 23.3 Å². The van der Waals surface area contributed by atoms with Crippen LogP contribution < -0.4 is 5.43 Å². The Morgan fingerprint density at radius 1 is 0.958 bits per heavy atom. The highest BCUT2D eigenvalue weighted by atomic mass is 16.2. The molecule has 0 aliphatic rings. The van der Waals surface area contributed by atoms with E-state index in [-0.39, 0.29) is 5.91 Å². The Hall–Kier alpha value is -1.64. The van der Waals surface area contributed by atoms with Crippen molar-refractivity contribution in [2.75, 3.05) is 0 Å². The third-order valence-corrected chi connectivity index (χ3v) is 4.53. The van der Waals surface area contributed by atoms with Gasteiger partial charge in [0.1, 0.15) is 0 Å². The molecule has 3 nitrogen and oxygen atoms in total. The van der Waals surface area contributed by atoms with E-state index in [1.165, 1.54) is 49.7 Å². The Morgan fingerprint density at radius 3 is 2.21 bits per heavy atom. The molecule has 0 bridgehead atoms. The number of hydrogen-bond donors (Lipinski definition) is 1. The van der Waals surface area contributed by atoms with Gasteiger partial charge in [-0.05, 0) is 49.9 Å². The summed E-state index contributed by atoms with van der Waals surface area (Å²) in [7, 11) is 0. The molecule has 134 valence electrons. The molecule has 0 atom stereocenters. The average molecular weight is 331 g/mol. The Morgan fingerprint density at radius 2 is 1.58 bits per heavy atom. The maximum Gasteiger partial charge on any atom is 0.240 e. The minimum absolute atomic E-state index is 0.0177. The highest BCUT2D eigenvalue weighted by Crippen LogP contribution is 2.11. The molecule has 0 aromatic heterocycles. The summed E-state index contributed by atoms with van der Waals surface area (Å²) in [6, 6.07) is 6.25. The lowest BCUT2D eigenvalue weighted by molar-refractivity contribution is -0.121. The van der Waals surface area contributed by atoms with Crippen LogP contribution in [0.4, 0.5) is 0 Å². The maximum atomic E-state index is 11.9. The third kappa shape index (κ3) is 8.28. The number of nitrogens with one attached hydrogen (secondary N) is 1. The first-order valence-electron chi connectivity index (χ1n) is 9.45. The van der Waals surface area contributed by atoms with E-state index in [0.717, 1.165) is 24.1 Å². The molecule has 1 aromatic rings. The molecule has 0 saturated carbocycles. The maximum absolute atomic E-state index is 11.9. The summed E-state index contributed by atoms with van der Waals surface area (Å²) in [4.78, 5) is 11.9. The van der Waals surface area contributed by atoms with Crippen LogP contribution in [0.2, 0.25) is 0 Å². The first-order chi connectivity index (χ1) is 11.5. The number of hydrazone groups is 1. The van der Waals surface area contributed by atoms with E-state index in [1.807, 2.05) is 13.0 Å². The van der Waals surface area contributed by atoms with Crippen molar-refractivity contribution in [3.05, 3.63) is 34.9 Å². The highest BCUT2D eigenvalue weighted by molar-refractivity contribution is 5.99. The second-order valence-electron chi connectivity index (χ2n) is 6.76. The van der Waals surface area contributed by atoms with Gasteiger partial charge in [-0.15, -0.1) is 0 Å². The standard InChI is InChI=1S/C21H34N2O/c1-5-6-7-8-9-10-11-12-13-21(24)23-22-19(4)20-15-14-17(2)18(3)16-20/h14-16H,5-13H2,1-4H3,(H,23,24)/b22-19+. The van der Waals surface area contributed by atoms with Crippen LogP contribution >= 0.6 is 0 Å². The SMILES string of the molecule is CCCCCCCCCCC(=O)N/N=C(\C)c1ccc(C)c(C)c1. The quantitative estimate of drug-likeness (QED) is 0.317. The second-order valence-corrected chi connectivity index (χ2v) is 6.76. The van der Waals surface area contributed by atoms with Crippen molar-refractivity contribution in [3.8, 4) is 0 Å². The van der Waals surface area contributed by atoms with E-state index in [2.05, 4.69) is 43.4 Å². The molecule has 24 heavy (non-hydrogen) atoms. The Kier molecular flexibility index (Phi) is 10.1. The lowest BCUT2D eigenvalue weighted by atomic mass is 10.0. The molecule has 1 N–H and O–H groups in total. The van der Waals surface area contributed by atoms with Crippen molar-refractivity contribution in [2.45, 2.75) is 85.5 Å². The summed E-state index contributed by atoms with van der Waals surface area (Å²) in [5, 5.41) is 4.23. The number of amides is 1. The molecule has 1 aromatic carbocycles. The van der Waals surface area contributed by atoms with Crippen LogP contribution in [0.25, 0.3) is 0 Å². The van der Waals surface area contributed by atoms with Crippen LogP contribution in [0.3, 0.4) is 0 Å². The molecule has 1 amide bonds. The number of aryl methyl sites for hydroxylation is 2. The summed E-state index contributed by atoms with van der Waals surface area (Å²) < 4.78 is 0. The fourth-order valence-electron chi connectivity index (χ4n) is 2.65. The second kappa shape index (κ2) is 11.8. The number of hydrogen-bond acceptors (Lipinski definition) is 2. The molecule has 0 saturated heterocycles. The zero-order chi connectivity index (χ0) is 17.8. The lowest BCUT2D eigenvalue weighted by Crippen LogP contribution is -2.18. The molecule has 1 rings (SSSR count). The van der Waals surface area contributed by atoms with Gasteiger partial charge in [-0.3, -0.25) is 4.79 Å². The Bertz CT molecular complexity index is 535. The minimum Gasteiger partial charge on any atom is -0.273 e. The van der Waals surface area contributed by atoms with Crippen LogP contribution in [0, 0.1) is 13.8 Å². The van der Waals surface area contributed by atoms with Gasteiger partial charge in [0, 0.05) is 6.42 Å². The van der Waals surface area contributed by atoms with Gasteiger partial charge < -0.3 is 0 Å². The van der Waals surface area contributed by atoms with Crippen LogP contribution in [0.5, 0.6) is 0 Å². The largest absolute Gasteiger partial charge is 0.273 e. The molecule has 0 spiro atoms. The van der Waals surface area contributed by atoms with E-state index < -0.39 is 0 Å². The summed E-state index contributed by atoms with van der Waals surface area (Å²) in [6.45, 7) is 8.35. The van der Waals surface area contributed by atoms with Crippen molar-refractivity contribution in [2.24, 2.45) is 5.10 Å². The molecular formula is C21H34N2O. The normalized spacial score (nSPS) is 11.6. The highest BCUT2D eigenvalue weighted by Gasteiger charge is 2.03. The summed E-state index contributed by atoms with van der Waals surface area (Å²) in [6.07, 6.45) is 10.5. The van der Waals surface area contributed by atoms with E-state index >= 15 is 0 Å². The van der Waals surface area contributed by atoms with Gasteiger partial charge in [0.05, 0.1) is 5.71 Å². The monoisotopic (exact) mass is 330 g/mol. The first kappa shape index (κ1) is 20.4. The van der Waals surface area contributed by atoms with Gasteiger partial charge in [-0.25, -0.2) is 5.43 Å². The number of carbonyl (C=O) groups excluding carboxylic acids is 1. The van der Waals surface area contributed by atoms with E-state index in [1.54, 1.807) is 0 Å². The predicted octanol–water partition coefficient (Wildman–Crippen LogP) is 5.67. The number of nitrogens with zero attached hydrogens (tertiary/aromatic N) is 1. The summed E-state index contributed by atoms with van der Waals surface area (Å²) in [5.74, 6) is 0.0177. The van der Waals surface area contributed by atoms with Crippen LogP contribution in [0.1, 0.15) is 88.3 Å². The van der Waals surface area contributed by atoms with Gasteiger partial charge in [0.15, 0.2) is 0 Å². The lowest BCUT2D eigenvalue weighted by Gasteiger charge is -2.06. The van der Waals surface area contributed by atoms with Crippen LogP contribution in [-0.2, 0) is 4.79 Å². The predicted molar refractivity (Wildman–Crippen MR) is 103 cm³/mol. The van der Waals surface area contributed by atoms with Gasteiger partial charge in [0.2, 0.25) is 5.91 Å². The fourth-order valence-corrected chi connectivity index (χ4v) is 2.65. The molecule has 0 radical (unpaired) electrons. The summed E-state index contributed by atoms with van der Waals surface area (Å²) in [5.41, 5.74) is 7.10. The Labute approximate surface area is 147 Å². The number of benzene rings is 1. The smallest absolute Gasteiger partial charge is 0.240 e. The topological polar surface area (TPSA) is 41.5 Å². The number of carbonyl (C=O) groups is 1. The van der Waals surface area contributed by atoms with E-state index in [0.29, 0.717) is 6.42 Å². The number of rotatable bonds is 11. The van der Waals surface area contributed by atoms with Gasteiger partial charge in [0.25, 0.3) is 0 Å². The average Bonchev–Trinajstić information content (AvgIpc) is 2.57. The van der Waals surface area contributed by atoms with Gasteiger partial charge in [-0.2, -0.15) is 5.10 Å². The summed E-state index contributed by atoms with van der Waals surface area (Å²) >= 11 is 0. The van der Waals surface area contributed by atoms with E-state index in [4.69, 9.17) is 0 Å². The molecular weight excluding hydrogens is 296 g/mol. The minimum atomic E-state index is 0.0177. The third-order valence-electron chi connectivity index (χ3n) is 4.53. The van der Waals surface area contributed by atoms with Crippen molar-refractivity contribution < 1.29 is 4.79 Å². The van der Waals surface area contributed by atoms with Crippen molar-refractivity contribution in [1.29, 1.82) is 0 Å². The van der Waals surface area contributed by atoms with Crippen molar-refractivity contribution >= 4 is 11.6 Å². The van der Waals surface area contributed by atoms with E-state index in [9.17, 15) is 4.79 Å². The Balaban J connectivity index is 2.21. The molecule has 0 fully saturated rings. The fraction of sp³-hybridized carbons (Fsp3) is 0.619. The zero-order valence-corrected chi connectivity index (χ0v) is 16.0. The molecule has 3 heteroatoms. The van der Waals surface area contributed by atoms with Crippen LogP contribution in [-0.4, -0.2) is 11.6 Å². The van der Waals surface area contributed by atoms with Gasteiger partial charge >= 0.3 is 0 Å². The molecule has 0 heterocycles. The molecule has 0 aliphatic carbocycles. The first-order valence-corrected chi connectivity index (χ1v) is 9.45. The van der Waals surface area contributed by atoms with Crippen molar-refractivity contribution in [3.63, 3.8) is 0 Å². The number of unbranched alkanes of at least 4 members (excludes halogenated alkanes) is 7. The zero-order valence-electron chi connectivity index (χ0n) is 16.0. The molecule has 0 aliphatic heterocycles. The van der Waals surface area contributed by atoms with Gasteiger partial charge in [-0.1, -0.05) is 64.0 Å². The van der Waals surface area contributed by atoms with Crippen molar-refractivity contribution in [1.82, 2.24) is 5.43 Å².